The number of hydrogen-bond acceptors (Lipinski definition) is 6. The van der Waals surface area contributed by atoms with E-state index in [9.17, 15) is 9.59 Å². The molecule has 0 amide bonds. The van der Waals surface area contributed by atoms with Crippen LogP contribution in [0.3, 0.4) is 0 Å². The van der Waals surface area contributed by atoms with Crippen molar-refractivity contribution >= 4 is 11.9 Å². The summed E-state index contributed by atoms with van der Waals surface area (Å²) in [4.78, 5) is 26.8. The molecule has 1 aromatic rings. The largest absolute Gasteiger partial charge is 0.492 e. The van der Waals surface area contributed by atoms with Gasteiger partial charge in [0.05, 0.1) is 25.1 Å². The molecule has 6 nitrogen and oxygen atoms in total. The van der Waals surface area contributed by atoms with Crippen molar-refractivity contribution < 1.29 is 23.8 Å². The molecule has 0 saturated carbocycles. The standard InChI is InChI=1S/C17H23NO5/c1-3-21-16(20)8-5-9-22-14-10-13-6-4-7-15(23-12(2)19)17(13)18-11-14/h10-11,15H,3-9H2,1-2H3. The monoisotopic (exact) mass is 321 g/mol. The molecular weight excluding hydrogens is 298 g/mol. The van der Waals surface area contributed by atoms with E-state index in [4.69, 9.17) is 14.2 Å². The van der Waals surface area contributed by atoms with Crippen LogP contribution in [-0.2, 0) is 25.5 Å². The van der Waals surface area contributed by atoms with Gasteiger partial charge < -0.3 is 14.2 Å². The maximum Gasteiger partial charge on any atom is 0.305 e. The number of rotatable bonds is 7. The third kappa shape index (κ3) is 5.23. The number of fused-ring (bicyclic) bond motifs is 1. The zero-order valence-corrected chi connectivity index (χ0v) is 13.7. The van der Waals surface area contributed by atoms with Gasteiger partial charge in [0, 0.05) is 13.3 Å². The van der Waals surface area contributed by atoms with E-state index < -0.39 is 0 Å². The highest BCUT2D eigenvalue weighted by Crippen LogP contribution is 2.32. The Labute approximate surface area is 136 Å². The third-order valence-electron chi connectivity index (χ3n) is 3.60. The Kier molecular flexibility index (Phi) is 6.38. The van der Waals surface area contributed by atoms with E-state index in [2.05, 4.69) is 4.98 Å². The number of ether oxygens (including phenoxy) is 3. The fraction of sp³-hybridized carbons (Fsp3) is 0.588. The Morgan fingerprint density at radius 3 is 2.96 bits per heavy atom. The lowest BCUT2D eigenvalue weighted by molar-refractivity contribution is -0.147. The smallest absolute Gasteiger partial charge is 0.305 e. The SMILES string of the molecule is CCOC(=O)CCCOc1cnc2c(c1)CCCC2OC(C)=O. The summed E-state index contributed by atoms with van der Waals surface area (Å²) in [7, 11) is 0. The van der Waals surface area contributed by atoms with E-state index in [0.717, 1.165) is 30.5 Å². The molecule has 2 rings (SSSR count). The van der Waals surface area contributed by atoms with Crippen molar-refractivity contribution in [3.63, 3.8) is 0 Å². The van der Waals surface area contributed by atoms with E-state index >= 15 is 0 Å². The molecule has 0 bridgehead atoms. The number of esters is 2. The van der Waals surface area contributed by atoms with Crippen molar-refractivity contribution in [2.24, 2.45) is 0 Å². The second-order valence-corrected chi connectivity index (χ2v) is 5.46. The molecule has 0 spiro atoms. The van der Waals surface area contributed by atoms with Crippen molar-refractivity contribution in [2.75, 3.05) is 13.2 Å². The maximum atomic E-state index is 11.2. The molecule has 0 aromatic carbocycles. The topological polar surface area (TPSA) is 74.7 Å². The highest BCUT2D eigenvalue weighted by Gasteiger charge is 2.24. The first-order chi connectivity index (χ1) is 11.1. The number of carbonyl (C=O) groups is 2. The molecule has 0 N–H and O–H groups in total. The van der Waals surface area contributed by atoms with E-state index in [1.165, 1.54) is 6.92 Å². The summed E-state index contributed by atoms with van der Waals surface area (Å²) < 4.78 is 15.8. The average molecular weight is 321 g/mol. The molecule has 23 heavy (non-hydrogen) atoms. The maximum absolute atomic E-state index is 11.2. The second-order valence-electron chi connectivity index (χ2n) is 5.46. The first kappa shape index (κ1) is 17.2. The van der Waals surface area contributed by atoms with Crippen LogP contribution in [-0.4, -0.2) is 30.1 Å². The molecule has 1 heterocycles. The van der Waals surface area contributed by atoms with E-state index in [1.54, 1.807) is 13.1 Å². The van der Waals surface area contributed by atoms with Gasteiger partial charge in [-0.1, -0.05) is 0 Å². The van der Waals surface area contributed by atoms with Crippen LogP contribution in [0, 0.1) is 0 Å². The molecule has 6 heteroatoms. The summed E-state index contributed by atoms with van der Waals surface area (Å²) in [5, 5.41) is 0. The molecule has 0 fully saturated rings. The number of nitrogens with zero attached hydrogens (tertiary/aromatic N) is 1. The summed E-state index contributed by atoms with van der Waals surface area (Å²) >= 11 is 0. The van der Waals surface area contributed by atoms with Crippen molar-refractivity contribution in [2.45, 2.75) is 52.1 Å². The molecular formula is C17H23NO5. The molecule has 0 radical (unpaired) electrons. The fourth-order valence-electron chi connectivity index (χ4n) is 2.64. The van der Waals surface area contributed by atoms with Gasteiger partial charge in [-0.2, -0.15) is 0 Å². The third-order valence-corrected chi connectivity index (χ3v) is 3.60. The quantitative estimate of drug-likeness (QED) is 0.568. The highest BCUT2D eigenvalue weighted by molar-refractivity contribution is 5.69. The first-order valence-corrected chi connectivity index (χ1v) is 8.04. The molecule has 1 aliphatic rings. The molecule has 1 aromatic heterocycles. The van der Waals surface area contributed by atoms with Gasteiger partial charge in [0.1, 0.15) is 11.9 Å². The minimum absolute atomic E-state index is 0.205. The lowest BCUT2D eigenvalue weighted by atomic mass is 9.93. The van der Waals surface area contributed by atoms with Gasteiger partial charge in [0.2, 0.25) is 0 Å². The zero-order valence-electron chi connectivity index (χ0n) is 13.7. The summed E-state index contributed by atoms with van der Waals surface area (Å²) in [6.45, 7) is 4.04. The van der Waals surface area contributed by atoms with E-state index in [-0.39, 0.29) is 18.0 Å². The number of pyridine rings is 1. The highest BCUT2D eigenvalue weighted by atomic mass is 16.5. The molecule has 1 aliphatic carbocycles. The van der Waals surface area contributed by atoms with Crippen LogP contribution in [0.5, 0.6) is 5.75 Å². The van der Waals surface area contributed by atoms with Crippen LogP contribution in [0.4, 0.5) is 0 Å². The van der Waals surface area contributed by atoms with Gasteiger partial charge in [-0.15, -0.1) is 0 Å². The number of carbonyl (C=O) groups excluding carboxylic acids is 2. The Balaban J connectivity index is 1.88. The lowest BCUT2D eigenvalue weighted by Crippen LogP contribution is -2.17. The van der Waals surface area contributed by atoms with Crippen LogP contribution in [0.1, 0.15) is 56.9 Å². The van der Waals surface area contributed by atoms with Gasteiger partial charge in [-0.05, 0) is 44.2 Å². The lowest BCUT2D eigenvalue weighted by Gasteiger charge is -2.24. The van der Waals surface area contributed by atoms with Crippen molar-refractivity contribution in [3.05, 3.63) is 23.5 Å². The number of aryl methyl sites for hydroxylation is 1. The molecule has 0 aliphatic heterocycles. The van der Waals surface area contributed by atoms with Crippen molar-refractivity contribution in [3.8, 4) is 5.75 Å². The summed E-state index contributed by atoms with van der Waals surface area (Å²) in [5.74, 6) is 0.184. The molecule has 1 atom stereocenters. The molecule has 0 saturated heterocycles. The summed E-state index contributed by atoms with van der Waals surface area (Å²) in [5.41, 5.74) is 1.88. The van der Waals surface area contributed by atoms with E-state index in [0.29, 0.717) is 31.8 Å². The van der Waals surface area contributed by atoms with Gasteiger partial charge in [0.15, 0.2) is 0 Å². The molecule has 1 unspecified atom stereocenters. The second kappa shape index (κ2) is 8.50. The first-order valence-electron chi connectivity index (χ1n) is 8.04. The minimum atomic E-state index is -0.288. The normalized spacial score (nSPS) is 16.3. The van der Waals surface area contributed by atoms with Crippen LogP contribution in [0.15, 0.2) is 12.3 Å². The number of aromatic nitrogens is 1. The molecule has 126 valence electrons. The van der Waals surface area contributed by atoms with Gasteiger partial charge in [-0.25, -0.2) is 0 Å². The average Bonchev–Trinajstić information content (AvgIpc) is 2.51. The van der Waals surface area contributed by atoms with Crippen LogP contribution in [0.25, 0.3) is 0 Å². The Hall–Kier alpha value is -2.11. The van der Waals surface area contributed by atoms with Gasteiger partial charge >= 0.3 is 11.9 Å². The predicted octanol–water partition coefficient (Wildman–Crippen LogP) is 2.74. The zero-order chi connectivity index (χ0) is 16.7. The van der Waals surface area contributed by atoms with Crippen LogP contribution < -0.4 is 4.74 Å². The van der Waals surface area contributed by atoms with Crippen molar-refractivity contribution in [1.29, 1.82) is 0 Å². The van der Waals surface area contributed by atoms with Crippen LogP contribution in [0.2, 0.25) is 0 Å². The number of hydrogen-bond donors (Lipinski definition) is 0. The van der Waals surface area contributed by atoms with Gasteiger partial charge in [0.25, 0.3) is 0 Å². The Morgan fingerprint density at radius 2 is 2.22 bits per heavy atom. The fourth-order valence-corrected chi connectivity index (χ4v) is 2.64. The van der Waals surface area contributed by atoms with Crippen LogP contribution >= 0.6 is 0 Å². The Morgan fingerprint density at radius 1 is 1.39 bits per heavy atom. The predicted molar refractivity (Wildman–Crippen MR) is 83.0 cm³/mol. The Bertz CT molecular complexity index is 558. The van der Waals surface area contributed by atoms with E-state index in [1.807, 2.05) is 6.07 Å². The van der Waals surface area contributed by atoms with Gasteiger partial charge in [-0.3, -0.25) is 14.6 Å². The van der Waals surface area contributed by atoms with Crippen molar-refractivity contribution in [1.82, 2.24) is 4.98 Å². The summed E-state index contributed by atoms with van der Waals surface area (Å²) in [6, 6.07) is 1.95. The minimum Gasteiger partial charge on any atom is -0.492 e. The summed E-state index contributed by atoms with van der Waals surface area (Å²) in [6.07, 6.45) is 5.00.